The van der Waals surface area contributed by atoms with Gasteiger partial charge in [-0.15, -0.1) is 0 Å². The minimum Gasteiger partial charge on any atom is -0.463 e. The van der Waals surface area contributed by atoms with Gasteiger partial charge in [0.05, 0.1) is 6.61 Å². The molecular weight excluding hydrogens is 248 g/mol. The van der Waals surface area contributed by atoms with Crippen molar-refractivity contribution in [3.8, 4) is 0 Å². The van der Waals surface area contributed by atoms with Gasteiger partial charge in [-0.25, -0.2) is 4.79 Å². The molecule has 20 heavy (non-hydrogen) atoms. The summed E-state index contributed by atoms with van der Waals surface area (Å²) >= 11 is 0. The molecule has 0 saturated heterocycles. The molecule has 0 fully saturated rings. The van der Waals surface area contributed by atoms with Crippen LogP contribution >= 0.6 is 0 Å². The van der Waals surface area contributed by atoms with Crippen LogP contribution in [0.2, 0.25) is 0 Å². The third kappa shape index (κ3) is 15.3. The highest BCUT2D eigenvalue weighted by atomic mass is 16.5. The van der Waals surface area contributed by atoms with Gasteiger partial charge in [-0.1, -0.05) is 83.6 Å². The van der Waals surface area contributed by atoms with Gasteiger partial charge in [0.15, 0.2) is 0 Å². The summed E-state index contributed by atoms with van der Waals surface area (Å²) < 4.78 is 5.05. The second-order valence-electron chi connectivity index (χ2n) is 5.56. The molecule has 0 heterocycles. The molecule has 0 N–H and O–H groups in total. The van der Waals surface area contributed by atoms with Gasteiger partial charge in [0.2, 0.25) is 0 Å². The number of allylic oxidation sites excluding steroid dienone is 1. The van der Waals surface area contributed by atoms with Crippen molar-refractivity contribution in [2.24, 2.45) is 0 Å². The van der Waals surface area contributed by atoms with Crippen LogP contribution in [0, 0.1) is 0 Å². The number of esters is 1. The number of hydrogen-bond donors (Lipinski definition) is 0. The van der Waals surface area contributed by atoms with Gasteiger partial charge < -0.3 is 4.74 Å². The van der Waals surface area contributed by atoms with Crippen LogP contribution in [0.3, 0.4) is 0 Å². The average Bonchev–Trinajstić information content (AvgIpc) is 2.44. The number of unbranched alkanes of at least 4 members (excludes halogenated alkanes) is 11. The molecule has 0 radical (unpaired) electrons. The summed E-state index contributed by atoms with van der Waals surface area (Å²) in [4.78, 5) is 11.0. The molecule has 0 aromatic rings. The monoisotopic (exact) mass is 282 g/mol. The highest BCUT2D eigenvalue weighted by molar-refractivity contribution is 5.81. The van der Waals surface area contributed by atoms with Gasteiger partial charge in [0, 0.05) is 6.08 Å². The zero-order chi connectivity index (χ0) is 14.9. The molecular formula is C18H34O2. The number of carbonyl (C=O) groups is 1. The zero-order valence-electron chi connectivity index (χ0n) is 13.7. The van der Waals surface area contributed by atoms with E-state index in [2.05, 4.69) is 6.92 Å². The van der Waals surface area contributed by atoms with E-state index in [1.54, 1.807) is 6.08 Å². The molecule has 0 amide bonds. The minimum atomic E-state index is -0.212. The summed E-state index contributed by atoms with van der Waals surface area (Å²) in [5.41, 5.74) is 0. The van der Waals surface area contributed by atoms with E-state index >= 15 is 0 Å². The molecule has 2 nitrogen and oxygen atoms in total. The molecule has 0 aromatic carbocycles. The van der Waals surface area contributed by atoms with Crippen molar-refractivity contribution in [3.63, 3.8) is 0 Å². The van der Waals surface area contributed by atoms with Gasteiger partial charge in [-0.2, -0.15) is 0 Å². The van der Waals surface area contributed by atoms with Gasteiger partial charge in [-0.05, 0) is 13.3 Å². The maximum absolute atomic E-state index is 11.0. The lowest BCUT2D eigenvalue weighted by Gasteiger charge is -2.03. The molecule has 0 aliphatic rings. The first-order valence-corrected chi connectivity index (χ1v) is 8.60. The summed E-state index contributed by atoms with van der Waals surface area (Å²) in [5.74, 6) is -0.212. The Hall–Kier alpha value is -0.790. The van der Waals surface area contributed by atoms with Crippen LogP contribution in [-0.4, -0.2) is 12.6 Å². The van der Waals surface area contributed by atoms with E-state index in [1.165, 1.54) is 76.7 Å². The summed E-state index contributed by atoms with van der Waals surface area (Å²) in [5, 5.41) is 0. The largest absolute Gasteiger partial charge is 0.463 e. The maximum Gasteiger partial charge on any atom is 0.330 e. The molecule has 0 atom stereocenters. The highest BCUT2D eigenvalue weighted by Crippen LogP contribution is 2.11. The van der Waals surface area contributed by atoms with Crippen LogP contribution in [0.5, 0.6) is 0 Å². The fraction of sp³-hybridized carbons (Fsp3) is 0.833. The van der Waals surface area contributed by atoms with Crippen molar-refractivity contribution in [3.05, 3.63) is 12.2 Å². The van der Waals surface area contributed by atoms with Crippen LogP contribution in [0.25, 0.3) is 0 Å². The molecule has 0 aliphatic heterocycles. The lowest BCUT2D eigenvalue weighted by molar-refractivity contribution is -0.137. The van der Waals surface area contributed by atoms with Crippen LogP contribution in [0.4, 0.5) is 0 Å². The van der Waals surface area contributed by atoms with Crippen LogP contribution in [0.1, 0.15) is 90.9 Å². The van der Waals surface area contributed by atoms with E-state index in [0.29, 0.717) is 6.61 Å². The Morgan fingerprint density at radius 1 is 0.800 bits per heavy atom. The van der Waals surface area contributed by atoms with E-state index in [9.17, 15) is 4.79 Å². The Balaban J connectivity index is 3.04. The molecule has 0 aliphatic carbocycles. The lowest BCUT2D eigenvalue weighted by Crippen LogP contribution is -2.01. The molecule has 0 unspecified atom stereocenters. The average molecular weight is 282 g/mol. The Morgan fingerprint density at radius 2 is 1.25 bits per heavy atom. The quantitative estimate of drug-likeness (QED) is 0.228. The zero-order valence-corrected chi connectivity index (χ0v) is 13.7. The summed E-state index contributed by atoms with van der Waals surface area (Å²) in [6.45, 7) is 4.66. The van der Waals surface area contributed by atoms with Crippen LogP contribution < -0.4 is 0 Å². The van der Waals surface area contributed by atoms with Crippen molar-refractivity contribution < 1.29 is 9.53 Å². The first kappa shape index (κ1) is 19.2. The Bertz CT molecular complexity index is 234. The maximum atomic E-state index is 11.0. The summed E-state index contributed by atoms with van der Waals surface area (Å²) in [6.07, 6.45) is 19.1. The van der Waals surface area contributed by atoms with Crippen molar-refractivity contribution in [1.82, 2.24) is 0 Å². The van der Waals surface area contributed by atoms with Gasteiger partial charge in [0.1, 0.15) is 0 Å². The molecule has 118 valence electrons. The molecule has 0 rings (SSSR count). The lowest BCUT2D eigenvalue weighted by atomic mass is 10.1. The molecule has 0 bridgehead atoms. The van der Waals surface area contributed by atoms with Crippen molar-refractivity contribution in [1.29, 1.82) is 0 Å². The number of hydrogen-bond acceptors (Lipinski definition) is 2. The third-order valence-corrected chi connectivity index (χ3v) is 3.54. The van der Waals surface area contributed by atoms with Crippen molar-refractivity contribution >= 4 is 5.97 Å². The van der Waals surface area contributed by atoms with Crippen LogP contribution in [-0.2, 0) is 9.53 Å². The summed E-state index contributed by atoms with van der Waals surface area (Å²) in [6, 6.07) is 0. The van der Waals surface area contributed by atoms with Gasteiger partial charge >= 0.3 is 5.97 Å². The Labute approximate surface area is 126 Å². The molecule has 0 aromatic heterocycles. The van der Waals surface area contributed by atoms with Crippen molar-refractivity contribution in [2.45, 2.75) is 90.9 Å². The standard InChI is InChI=1S/C18H34O2/c1-3-5-6-7-8-9-10-11-12-13-14-15-17-20-18(19)16-4-2/h4,16H,3,5-15,17H2,1-2H3/b16-4+. The first-order chi connectivity index (χ1) is 9.81. The highest BCUT2D eigenvalue weighted by Gasteiger charge is 1.96. The predicted octanol–water partition coefficient (Wildman–Crippen LogP) is 5.81. The fourth-order valence-electron chi connectivity index (χ4n) is 2.30. The second-order valence-corrected chi connectivity index (χ2v) is 5.56. The van der Waals surface area contributed by atoms with E-state index < -0.39 is 0 Å². The van der Waals surface area contributed by atoms with E-state index in [4.69, 9.17) is 4.74 Å². The smallest absolute Gasteiger partial charge is 0.330 e. The fourth-order valence-corrected chi connectivity index (χ4v) is 2.30. The number of rotatable bonds is 14. The van der Waals surface area contributed by atoms with Gasteiger partial charge in [-0.3, -0.25) is 0 Å². The predicted molar refractivity (Wildman–Crippen MR) is 86.9 cm³/mol. The Kier molecular flexibility index (Phi) is 15.6. The number of carbonyl (C=O) groups excluding carboxylic acids is 1. The molecule has 0 saturated carbocycles. The third-order valence-electron chi connectivity index (χ3n) is 3.54. The normalized spacial score (nSPS) is 11.1. The van der Waals surface area contributed by atoms with E-state index in [-0.39, 0.29) is 5.97 Å². The Morgan fingerprint density at radius 3 is 1.70 bits per heavy atom. The molecule has 0 spiro atoms. The van der Waals surface area contributed by atoms with Crippen molar-refractivity contribution in [2.75, 3.05) is 6.61 Å². The summed E-state index contributed by atoms with van der Waals surface area (Å²) in [7, 11) is 0. The second kappa shape index (κ2) is 16.3. The van der Waals surface area contributed by atoms with E-state index in [0.717, 1.165) is 6.42 Å². The minimum absolute atomic E-state index is 0.212. The first-order valence-electron chi connectivity index (χ1n) is 8.60. The molecule has 2 heteroatoms. The van der Waals surface area contributed by atoms with Crippen LogP contribution in [0.15, 0.2) is 12.2 Å². The SMILES string of the molecule is C/C=C/C(=O)OCCCCCCCCCCCCCC. The van der Waals surface area contributed by atoms with Gasteiger partial charge in [0.25, 0.3) is 0 Å². The topological polar surface area (TPSA) is 26.3 Å². The number of ether oxygens (including phenoxy) is 1. The van der Waals surface area contributed by atoms with E-state index in [1.807, 2.05) is 6.92 Å².